The minimum absolute atomic E-state index is 0.0770. The number of hydrogen-bond donors (Lipinski definition) is 3. The molecule has 2 aromatic carbocycles. The zero-order chi connectivity index (χ0) is 48.7. The number of alkyl halides is 3. The molecule has 10 rings (SSSR count). The van der Waals surface area contributed by atoms with Crippen LogP contribution in [0.3, 0.4) is 0 Å². The molecule has 2 aromatic rings. The Kier molecular flexibility index (Phi) is 12.6. The van der Waals surface area contributed by atoms with Gasteiger partial charge in [0, 0.05) is 49.8 Å². The molecular formula is C55H72F3N2O9+. The van der Waals surface area contributed by atoms with E-state index >= 15 is 4.79 Å². The number of rotatable bonds is 14. The van der Waals surface area contributed by atoms with Crippen LogP contribution in [0.1, 0.15) is 135 Å². The lowest BCUT2D eigenvalue weighted by Crippen LogP contribution is -2.99. The summed E-state index contributed by atoms with van der Waals surface area (Å²) in [4.78, 5) is 54.8. The average Bonchev–Trinajstić information content (AvgIpc) is 3.94. The predicted octanol–water partition coefficient (Wildman–Crippen LogP) is 8.32. The number of nitrogens with zero attached hydrogens (tertiary/aromatic N) is 1. The van der Waals surface area contributed by atoms with Crippen LogP contribution >= 0.6 is 0 Å². The minimum Gasteiger partial charge on any atom is -0.454 e. The van der Waals surface area contributed by atoms with Crippen LogP contribution in [0.5, 0.6) is 0 Å². The van der Waals surface area contributed by atoms with Crippen molar-refractivity contribution in [1.29, 1.82) is 0 Å². The van der Waals surface area contributed by atoms with Gasteiger partial charge in [-0.05, 0) is 117 Å². The number of piperidine rings is 2. The van der Waals surface area contributed by atoms with Crippen LogP contribution in [-0.4, -0.2) is 101 Å². The molecule has 2 saturated heterocycles. The third kappa shape index (κ3) is 7.68. The number of quaternary nitrogens is 1. The molecule has 8 fully saturated rings. The summed E-state index contributed by atoms with van der Waals surface area (Å²) in [5.41, 5.74) is -1.93. The van der Waals surface area contributed by atoms with Crippen molar-refractivity contribution in [3.8, 4) is 0 Å². The molecule has 0 aromatic heterocycles. The van der Waals surface area contributed by atoms with Crippen LogP contribution in [-0.2, 0) is 39.0 Å². The van der Waals surface area contributed by atoms with Gasteiger partial charge in [-0.15, -0.1) is 0 Å². The SMILES string of the molecule is C[C@H](CCC(=O)NCCCC(=O)OC(C(=O)OC1C(OC(=O)C(F)(F)F)C2C13CCC3[N+]21CCCC1)(c1ccccc1)c1ccccc1)C1CCC2C3C(CC[C@@]21C)[C@@]1(C)CC[C@@H](O)CC1C[C@H]3O. The molecule has 6 saturated carbocycles. The van der Waals surface area contributed by atoms with Crippen LogP contribution in [0.25, 0.3) is 0 Å². The van der Waals surface area contributed by atoms with Crippen molar-refractivity contribution in [2.45, 2.75) is 172 Å². The summed E-state index contributed by atoms with van der Waals surface area (Å²) in [7, 11) is 0. The molecule has 0 radical (unpaired) electrons. The Labute approximate surface area is 404 Å². The minimum atomic E-state index is -5.23. The van der Waals surface area contributed by atoms with Crippen LogP contribution in [0.2, 0.25) is 0 Å². The number of ether oxygens (including phenoxy) is 3. The average molecular weight is 962 g/mol. The first-order chi connectivity index (χ1) is 32.9. The maximum Gasteiger partial charge on any atom is 0.490 e. The molecule has 376 valence electrons. The zero-order valence-corrected chi connectivity index (χ0v) is 40.5. The van der Waals surface area contributed by atoms with Crippen LogP contribution in [0, 0.1) is 51.8 Å². The van der Waals surface area contributed by atoms with E-state index in [1.54, 1.807) is 60.7 Å². The van der Waals surface area contributed by atoms with Gasteiger partial charge < -0.3 is 34.2 Å². The Hall–Kier alpha value is -4.01. The molecule has 2 heterocycles. The Bertz CT molecular complexity index is 2220. The van der Waals surface area contributed by atoms with Crippen molar-refractivity contribution in [2.24, 2.45) is 51.8 Å². The number of aliphatic hydroxyl groups is 2. The van der Waals surface area contributed by atoms with Crippen LogP contribution in [0.4, 0.5) is 13.2 Å². The number of carbonyl (C=O) groups is 4. The molecule has 10 unspecified atom stereocenters. The van der Waals surface area contributed by atoms with Crippen molar-refractivity contribution in [3.05, 3.63) is 71.8 Å². The molecule has 8 aliphatic rings. The number of halogens is 3. The fraction of sp³-hybridized carbons (Fsp3) is 0.709. The van der Waals surface area contributed by atoms with E-state index < -0.39 is 53.4 Å². The smallest absolute Gasteiger partial charge is 0.454 e. The summed E-state index contributed by atoms with van der Waals surface area (Å²) in [6.07, 6.45) is 4.05. The largest absolute Gasteiger partial charge is 0.490 e. The molecule has 69 heavy (non-hydrogen) atoms. The van der Waals surface area contributed by atoms with Gasteiger partial charge in [-0.1, -0.05) is 81.4 Å². The van der Waals surface area contributed by atoms with E-state index in [1.807, 2.05) is 0 Å². The number of benzene rings is 2. The number of aliphatic hydroxyl groups excluding tert-OH is 2. The number of hydrogen-bond acceptors (Lipinski definition) is 9. The second kappa shape index (κ2) is 17.9. The van der Waals surface area contributed by atoms with Gasteiger partial charge in [0.2, 0.25) is 5.91 Å². The first kappa shape index (κ1) is 48.6. The van der Waals surface area contributed by atoms with Crippen LogP contribution < -0.4 is 5.32 Å². The molecule has 11 nitrogen and oxygen atoms in total. The van der Waals surface area contributed by atoms with Gasteiger partial charge in [0.05, 0.1) is 25.3 Å². The van der Waals surface area contributed by atoms with E-state index in [4.69, 9.17) is 14.2 Å². The molecule has 2 aliphatic heterocycles. The molecule has 15 atom stereocenters. The normalized spacial score (nSPS) is 38.5. The van der Waals surface area contributed by atoms with E-state index in [9.17, 15) is 37.8 Å². The Morgan fingerprint density at radius 3 is 2.09 bits per heavy atom. The van der Waals surface area contributed by atoms with Gasteiger partial charge in [0.1, 0.15) is 17.5 Å². The summed E-state index contributed by atoms with van der Waals surface area (Å²) in [5, 5.41) is 25.1. The number of fused-ring (bicyclic) bond motifs is 7. The first-order valence-electron chi connectivity index (χ1n) is 26.2. The standard InChI is InChI=1S/C55H71F3N2O9/c1-33(38-19-20-39-45-40(23-26-52(38,39)3)51(2)25-22-37(61)31-36(51)32-41(45)62)18-21-43(63)59-28-12-17-44(64)69-54(34-13-6-4-7-14-34,35-15-8-5-9-16-35)49(65)68-48-46(67-50(66)55(56,57)58)47-53(48)27-24-42(53)60(47)29-10-11-30-60/h4-9,13-16,33,36-42,45-48,61-62H,10-12,17-32H2,1-3H3/p+1/t33-,36?,37-,38?,39?,40?,41-,42?,45?,46?,47?,48?,51+,52-,53?/m1/s1. The number of carbonyl (C=O) groups excluding carboxylic acids is 4. The summed E-state index contributed by atoms with van der Waals surface area (Å²) < 4.78 is 59.6. The van der Waals surface area contributed by atoms with E-state index in [2.05, 4.69) is 26.1 Å². The van der Waals surface area contributed by atoms with Crippen molar-refractivity contribution < 1.29 is 61.3 Å². The zero-order valence-electron chi connectivity index (χ0n) is 40.5. The fourth-order valence-corrected chi connectivity index (χ4v) is 17.3. The van der Waals surface area contributed by atoms with E-state index in [1.165, 1.54) is 0 Å². The lowest BCUT2D eigenvalue weighted by atomic mass is 9.38. The Morgan fingerprint density at radius 2 is 1.45 bits per heavy atom. The molecular weight excluding hydrogens is 890 g/mol. The maximum atomic E-state index is 15.0. The van der Waals surface area contributed by atoms with Crippen molar-refractivity contribution in [3.63, 3.8) is 0 Å². The van der Waals surface area contributed by atoms with Gasteiger partial charge in [-0.3, -0.25) is 9.59 Å². The van der Waals surface area contributed by atoms with Crippen molar-refractivity contribution in [2.75, 3.05) is 19.6 Å². The lowest BCUT2D eigenvalue weighted by Gasteiger charge is -2.81. The Balaban J connectivity index is 0.775. The molecule has 14 heteroatoms. The van der Waals surface area contributed by atoms with Gasteiger partial charge in [0.25, 0.3) is 5.60 Å². The highest BCUT2D eigenvalue weighted by molar-refractivity contribution is 5.89. The highest BCUT2D eigenvalue weighted by atomic mass is 19.4. The summed E-state index contributed by atoms with van der Waals surface area (Å²) in [6.45, 7) is 8.89. The third-order valence-corrected chi connectivity index (χ3v) is 20.5. The van der Waals surface area contributed by atoms with Gasteiger partial charge in [-0.2, -0.15) is 13.2 Å². The molecule has 3 N–H and O–H groups in total. The Morgan fingerprint density at radius 1 is 0.797 bits per heavy atom. The number of amides is 1. The van der Waals surface area contributed by atoms with Gasteiger partial charge in [-0.25, -0.2) is 9.59 Å². The van der Waals surface area contributed by atoms with E-state index in [0.29, 0.717) is 46.9 Å². The predicted molar refractivity (Wildman–Crippen MR) is 247 cm³/mol. The highest BCUT2D eigenvalue weighted by Crippen LogP contribution is 2.74. The van der Waals surface area contributed by atoms with Crippen molar-refractivity contribution in [1.82, 2.24) is 5.32 Å². The quantitative estimate of drug-likeness (QED) is 0.0736. The van der Waals surface area contributed by atoms with Crippen LogP contribution in [0.15, 0.2) is 60.7 Å². The summed E-state index contributed by atoms with van der Waals surface area (Å²) in [6, 6.07) is 16.5. The molecule has 1 amide bonds. The van der Waals surface area contributed by atoms with Crippen molar-refractivity contribution >= 4 is 23.8 Å². The maximum absolute atomic E-state index is 15.0. The summed E-state index contributed by atoms with van der Waals surface area (Å²) >= 11 is 0. The monoisotopic (exact) mass is 962 g/mol. The van der Waals surface area contributed by atoms with Gasteiger partial charge >= 0.3 is 24.1 Å². The summed E-state index contributed by atoms with van der Waals surface area (Å²) in [5.74, 6) is -1.78. The third-order valence-electron chi connectivity index (χ3n) is 20.5. The lowest BCUT2D eigenvalue weighted by molar-refractivity contribution is -1.06. The molecule has 2 spiro atoms. The highest BCUT2D eigenvalue weighted by Gasteiger charge is 2.92. The molecule has 6 aliphatic carbocycles. The first-order valence-corrected chi connectivity index (χ1v) is 26.2. The fourth-order valence-electron chi connectivity index (χ4n) is 17.3. The topological polar surface area (TPSA) is 148 Å². The van der Waals surface area contributed by atoms with Gasteiger partial charge in [0.15, 0.2) is 12.2 Å². The molecule has 0 bridgehead atoms. The van der Waals surface area contributed by atoms with E-state index in [0.717, 1.165) is 90.1 Å². The second-order valence-electron chi connectivity index (χ2n) is 23.4. The number of nitrogens with one attached hydrogen (secondary N) is 1. The van der Waals surface area contributed by atoms with E-state index in [-0.39, 0.29) is 71.4 Å². The number of esters is 3. The second-order valence-corrected chi connectivity index (χ2v) is 23.4.